The second kappa shape index (κ2) is 4.74. The van der Waals surface area contributed by atoms with E-state index in [-0.39, 0.29) is 13.2 Å². The maximum Gasteiger partial charge on any atom is 0.220 e. The molecule has 0 spiro atoms. The number of benzene rings is 1. The monoisotopic (exact) mass is 242 g/mol. The lowest BCUT2D eigenvalue weighted by molar-refractivity contribution is 0.195. The molecule has 1 aliphatic rings. The molecule has 0 amide bonds. The van der Waals surface area contributed by atoms with Gasteiger partial charge in [0.25, 0.3) is 0 Å². The van der Waals surface area contributed by atoms with Crippen LogP contribution in [0.3, 0.4) is 0 Å². The fourth-order valence-electron chi connectivity index (χ4n) is 2.35. The fourth-order valence-corrected chi connectivity index (χ4v) is 2.35. The van der Waals surface area contributed by atoms with E-state index >= 15 is 0 Å². The molecule has 0 saturated heterocycles. The van der Waals surface area contributed by atoms with Gasteiger partial charge in [0.05, 0.1) is 12.3 Å². The average molecular weight is 242 g/mol. The molecule has 1 N–H and O–H groups in total. The van der Waals surface area contributed by atoms with Crippen LogP contribution in [0.2, 0.25) is 0 Å². The molecule has 1 aliphatic carbocycles. The van der Waals surface area contributed by atoms with Crippen LogP contribution in [0.4, 0.5) is 0 Å². The van der Waals surface area contributed by atoms with Crippen LogP contribution in [-0.4, -0.2) is 28.3 Å². The van der Waals surface area contributed by atoms with Crippen LogP contribution in [0.5, 0.6) is 5.88 Å². The summed E-state index contributed by atoms with van der Waals surface area (Å²) < 4.78 is 5.47. The van der Waals surface area contributed by atoms with Crippen LogP contribution in [-0.2, 0) is 12.8 Å². The van der Waals surface area contributed by atoms with Gasteiger partial charge in [-0.2, -0.15) is 0 Å². The third-order valence-electron chi connectivity index (χ3n) is 3.15. The Kier molecular flexibility index (Phi) is 2.94. The van der Waals surface area contributed by atoms with Crippen molar-refractivity contribution in [3.63, 3.8) is 0 Å². The van der Waals surface area contributed by atoms with Gasteiger partial charge >= 0.3 is 0 Å². The van der Waals surface area contributed by atoms with Crippen molar-refractivity contribution < 1.29 is 9.84 Å². The van der Waals surface area contributed by atoms with E-state index in [2.05, 4.69) is 22.1 Å². The third kappa shape index (κ3) is 1.84. The molecule has 1 heterocycles. The smallest absolute Gasteiger partial charge is 0.220 e. The summed E-state index contributed by atoms with van der Waals surface area (Å²) in [6, 6.07) is 8.28. The van der Waals surface area contributed by atoms with Crippen LogP contribution in [0.15, 0.2) is 30.6 Å². The number of aliphatic hydroxyl groups is 1. The molecule has 0 unspecified atom stereocenters. The van der Waals surface area contributed by atoms with Crippen molar-refractivity contribution in [3.05, 3.63) is 41.7 Å². The first kappa shape index (κ1) is 11.2. The van der Waals surface area contributed by atoms with Crippen molar-refractivity contribution in [3.8, 4) is 17.1 Å². The fraction of sp³-hybridized carbons (Fsp3) is 0.286. The summed E-state index contributed by atoms with van der Waals surface area (Å²) >= 11 is 0. The summed E-state index contributed by atoms with van der Waals surface area (Å²) in [6.07, 6.45) is 3.38. The molecule has 0 aliphatic heterocycles. The highest BCUT2D eigenvalue weighted by Crippen LogP contribution is 2.35. The first-order valence-electron chi connectivity index (χ1n) is 6.06. The van der Waals surface area contributed by atoms with Gasteiger partial charge in [-0.05, 0) is 18.4 Å². The van der Waals surface area contributed by atoms with Crippen molar-refractivity contribution in [2.24, 2.45) is 0 Å². The number of hydrogen-bond acceptors (Lipinski definition) is 4. The Morgan fingerprint density at radius 3 is 2.94 bits per heavy atom. The van der Waals surface area contributed by atoms with E-state index in [1.54, 1.807) is 0 Å². The van der Waals surface area contributed by atoms with Crippen molar-refractivity contribution in [1.82, 2.24) is 9.97 Å². The standard InChI is InChI=1S/C14H14N2O2/c17-7-8-18-14-12-6-5-10-3-1-2-4-11(10)13(12)15-9-16-14/h1-4,9,17H,5-8H2. The number of aliphatic hydroxyl groups excluding tert-OH is 1. The van der Waals surface area contributed by atoms with Gasteiger partial charge in [0.15, 0.2) is 0 Å². The zero-order chi connectivity index (χ0) is 12.4. The zero-order valence-electron chi connectivity index (χ0n) is 9.97. The molecule has 92 valence electrons. The first-order valence-corrected chi connectivity index (χ1v) is 6.06. The lowest BCUT2D eigenvalue weighted by Gasteiger charge is -2.20. The minimum Gasteiger partial charge on any atom is -0.475 e. The maximum atomic E-state index is 8.82. The third-order valence-corrected chi connectivity index (χ3v) is 3.15. The first-order chi connectivity index (χ1) is 8.90. The Morgan fingerprint density at radius 1 is 1.17 bits per heavy atom. The minimum atomic E-state index is -0.00460. The van der Waals surface area contributed by atoms with E-state index in [1.165, 1.54) is 11.9 Å². The topological polar surface area (TPSA) is 55.2 Å². The highest BCUT2D eigenvalue weighted by atomic mass is 16.5. The number of ether oxygens (including phenoxy) is 1. The molecule has 2 aromatic rings. The summed E-state index contributed by atoms with van der Waals surface area (Å²) in [6.45, 7) is 0.264. The van der Waals surface area contributed by atoms with Crippen LogP contribution >= 0.6 is 0 Å². The van der Waals surface area contributed by atoms with Gasteiger partial charge in [-0.3, -0.25) is 0 Å². The number of fused-ring (bicyclic) bond motifs is 3. The van der Waals surface area contributed by atoms with Crippen molar-refractivity contribution in [2.45, 2.75) is 12.8 Å². The molecule has 4 nitrogen and oxygen atoms in total. The Hall–Kier alpha value is -1.94. The van der Waals surface area contributed by atoms with Gasteiger partial charge in [0, 0.05) is 11.1 Å². The van der Waals surface area contributed by atoms with E-state index < -0.39 is 0 Å². The minimum absolute atomic E-state index is 0.00460. The summed E-state index contributed by atoms with van der Waals surface area (Å²) in [5, 5.41) is 8.82. The Bertz CT molecular complexity index is 569. The molecule has 1 aromatic carbocycles. The van der Waals surface area contributed by atoms with E-state index in [0.717, 1.165) is 29.7 Å². The van der Waals surface area contributed by atoms with Crippen molar-refractivity contribution in [2.75, 3.05) is 13.2 Å². The van der Waals surface area contributed by atoms with E-state index in [4.69, 9.17) is 9.84 Å². The van der Waals surface area contributed by atoms with Crippen LogP contribution in [0, 0.1) is 0 Å². The van der Waals surface area contributed by atoms with Gasteiger partial charge in [-0.25, -0.2) is 9.97 Å². The van der Waals surface area contributed by atoms with E-state index in [0.29, 0.717) is 5.88 Å². The van der Waals surface area contributed by atoms with Gasteiger partial charge in [-0.15, -0.1) is 0 Å². The normalized spacial score (nSPS) is 12.7. The Balaban J connectivity index is 2.07. The van der Waals surface area contributed by atoms with Crippen molar-refractivity contribution >= 4 is 0 Å². The molecule has 1 aromatic heterocycles. The Morgan fingerprint density at radius 2 is 2.06 bits per heavy atom. The number of rotatable bonds is 3. The number of nitrogens with zero attached hydrogens (tertiary/aromatic N) is 2. The lowest BCUT2D eigenvalue weighted by atomic mass is 9.89. The van der Waals surface area contributed by atoms with Crippen molar-refractivity contribution in [1.29, 1.82) is 0 Å². The molecule has 0 atom stereocenters. The molecular weight excluding hydrogens is 228 g/mol. The zero-order valence-corrected chi connectivity index (χ0v) is 9.97. The van der Waals surface area contributed by atoms with E-state index in [1.807, 2.05) is 12.1 Å². The Labute approximate surface area is 105 Å². The molecule has 3 rings (SSSR count). The molecular formula is C14H14N2O2. The average Bonchev–Trinajstić information content (AvgIpc) is 2.44. The predicted molar refractivity (Wildman–Crippen MR) is 67.5 cm³/mol. The predicted octanol–water partition coefficient (Wildman–Crippen LogP) is 1.61. The van der Waals surface area contributed by atoms with E-state index in [9.17, 15) is 0 Å². The maximum absolute atomic E-state index is 8.82. The number of aryl methyl sites for hydroxylation is 1. The highest BCUT2D eigenvalue weighted by Gasteiger charge is 2.20. The molecule has 4 heteroatoms. The lowest BCUT2D eigenvalue weighted by Crippen LogP contribution is -2.11. The van der Waals surface area contributed by atoms with Crippen LogP contribution in [0.1, 0.15) is 11.1 Å². The van der Waals surface area contributed by atoms with Gasteiger partial charge in [0.1, 0.15) is 12.9 Å². The summed E-state index contributed by atoms with van der Waals surface area (Å²) in [4.78, 5) is 8.53. The largest absolute Gasteiger partial charge is 0.475 e. The SMILES string of the molecule is OCCOc1ncnc2c1CCc1ccccc1-2. The quantitative estimate of drug-likeness (QED) is 0.888. The summed E-state index contributed by atoms with van der Waals surface area (Å²) in [7, 11) is 0. The second-order valence-electron chi connectivity index (χ2n) is 4.24. The van der Waals surface area contributed by atoms with Gasteiger partial charge < -0.3 is 9.84 Å². The highest BCUT2D eigenvalue weighted by molar-refractivity contribution is 5.70. The molecule has 0 fully saturated rings. The summed E-state index contributed by atoms with van der Waals surface area (Å²) in [5.41, 5.74) is 4.48. The van der Waals surface area contributed by atoms with Crippen LogP contribution < -0.4 is 4.74 Å². The second-order valence-corrected chi connectivity index (χ2v) is 4.24. The number of aromatic nitrogens is 2. The molecule has 0 saturated carbocycles. The van der Waals surface area contributed by atoms with Crippen LogP contribution in [0.25, 0.3) is 11.3 Å². The number of hydrogen-bond donors (Lipinski definition) is 1. The van der Waals surface area contributed by atoms with Gasteiger partial charge in [-0.1, -0.05) is 24.3 Å². The summed E-state index contributed by atoms with van der Waals surface area (Å²) in [5.74, 6) is 0.601. The molecule has 0 bridgehead atoms. The van der Waals surface area contributed by atoms with Gasteiger partial charge in [0.2, 0.25) is 5.88 Å². The molecule has 18 heavy (non-hydrogen) atoms. The molecule has 0 radical (unpaired) electrons.